The summed E-state index contributed by atoms with van der Waals surface area (Å²) in [5.41, 5.74) is 0. The maximum atomic E-state index is 2.86. The van der Waals surface area contributed by atoms with Gasteiger partial charge in [0, 0.05) is 25.8 Å². The van der Waals surface area contributed by atoms with Crippen molar-refractivity contribution in [2.45, 2.75) is 27.7 Å². The molecular weight excluding hydrogens is 358 g/mol. The summed E-state index contributed by atoms with van der Waals surface area (Å²) < 4.78 is 0. The van der Waals surface area contributed by atoms with Gasteiger partial charge in [-0.05, 0) is 0 Å². The van der Waals surface area contributed by atoms with E-state index in [1.807, 2.05) is 64.2 Å². The Labute approximate surface area is 116 Å². The van der Waals surface area contributed by atoms with Crippen LogP contribution in [0.2, 0.25) is 0 Å². The Morgan fingerprint density at radius 3 is 1.21 bits per heavy atom. The van der Waals surface area contributed by atoms with Gasteiger partial charge in [-0.15, -0.1) is 26.3 Å². The first-order valence-corrected chi connectivity index (χ1v) is 4.07. The Hall–Kier alpha value is 0.120. The smallest absolute Gasteiger partial charge is 0 e. The van der Waals surface area contributed by atoms with Crippen LogP contribution in [0, 0.1) is 12.2 Å². The van der Waals surface area contributed by atoms with E-state index in [1.54, 1.807) is 0 Å². The van der Waals surface area contributed by atoms with Crippen molar-refractivity contribution in [3.63, 3.8) is 0 Å². The van der Waals surface area contributed by atoms with Crippen molar-refractivity contribution in [3.05, 3.63) is 48.6 Å². The maximum absolute atomic E-state index is 2.86. The second-order valence-electron chi connectivity index (χ2n) is 1.96. The minimum absolute atomic E-state index is 0. The molecule has 0 spiro atoms. The van der Waals surface area contributed by atoms with Gasteiger partial charge in [0.15, 0.2) is 0 Å². The number of halogens is 1. The average Bonchev–Trinajstić information content (AvgIpc) is 2.12. The van der Waals surface area contributed by atoms with Crippen LogP contribution in [0.25, 0.3) is 0 Å². The van der Waals surface area contributed by atoms with E-state index >= 15 is 0 Å². The molecule has 0 unspecified atom stereocenters. The van der Waals surface area contributed by atoms with Gasteiger partial charge >= 0.3 is 0 Å². The monoisotopic (exact) mass is 379 g/mol. The van der Waals surface area contributed by atoms with Crippen molar-refractivity contribution < 1.29 is 27.3 Å². The van der Waals surface area contributed by atoms with Crippen molar-refractivity contribution in [2.75, 3.05) is 0 Å². The zero-order chi connectivity index (χ0) is 9.66. The van der Waals surface area contributed by atoms with Crippen LogP contribution in [0.3, 0.4) is 0 Å². The maximum Gasteiger partial charge on any atom is 0 e. The van der Waals surface area contributed by atoms with Gasteiger partial charge in [0.1, 0.15) is 0 Å². The van der Waals surface area contributed by atoms with Gasteiger partial charge in [0.2, 0.25) is 0 Å². The summed E-state index contributed by atoms with van der Waals surface area (Å²) in [5, 5.41) is 0. The van der Waals surface area contributed by atoms with E-state index in [2.05, 4.69) is 12.2 Å². The van der Waals surface area contributed by atoms with E-state index in [-0.39, 0.29) is 39.7 Å². The molecule has 0 amide bonds. The number of rotatable bonds is 2. The molecular formula is C12H20ClHf-3. The molecule has 82 valence electrons. The van der Waals surface area contributed by atoms with Crippen LogP contribution in [-0.4, -0.2) is 0 Å². The Balaban J connectivity index is -0.0000000370. The molecule has 0 aromatic rings. The molecule has 0 saturated heterocycles. The molecule has 0 bridgehead atoms. The third-order valence-electron chi connectivity index (χ3n) is 0.911. The first-order chi connectivity index (χ1) is 5.83. The molecule has 14 heavy (non-hydrogen) atoms. The van der Waals surface area contributed by atoms with E-state index in [0.717, 1.165) is 0 Å². The number of hydrogen-bond acceptors (Lipinski definition) is 0. The molecule has 0 aromatic carbocycles. The van der Waals surface area contributed by atoms with Crippen LogP contribution in [0.15, 0.2) is 36.5 Å². The van der Waals surface area contributed by atoms with Crippen LogP contribution in [0.5, 0.6) is 0 Å². The molecule has 0 rings (SSSR count). The fourth-order valence-corrected chi connectivity index (χ4v) is 0.385. The van der Waals surface area contributed by atoms with Gasteiger partial charge in [0.05, 0.1) is 0 Å². The topological polar surface area (TPSA) is 0 Å². The van der Waals surface area contributed by atoms with Gasteiger partial charge in [-0.1, -0.05) is 13.8 Å². The van der Waals surface area contributed by atoms with Crippen molar-refractivity contribution in [2.24, 2.45) is 0 Å². The molecule has 0 N–H and O–H groups in total. The first kappa shape index (κ1) is 23.7. The first-order valence-electron chi connectivity index (χ1n) is 4.07. The summed E-state index contributed by atoms with van der Waals surface area (Å²) in [6, 6.07) is 0. The van der Waals surface area contributed by atoms with Gasteiger partial charge in [-0.3, -0.25) is 12.2 Å². The van der Waals surface area contributed by atoms with Crippen LogP contribution in [-0.2, 0) is 25.8 Å². The summed E-state index contributed by atoms with van der Waals surface area (Å²) >= 11 is 0. The van der Waals surface area contributed by atoms with Crippen LogP contribution in [0.1, 0.15) is 29.1 Å². The third kappa shape index (κ3) is 40.0. The van der Waals surface area contributed by atoms with Crippen LogP contribution in [0.4, 0.5) is 0 Å². The fraction of sp³-hybridized carbons (Fsp3) is 0.333. The Morgan fingerprint density at radius 2 is 1.14 bits per heavy atom. The minimum Gasteiger partial charge on any atom is -1.00 e. The van der Waals surface area contributed by atoms with E-state index in [9.17, 15) is 0 Å². The molecule has 0 saturated carbocycles. The normalized spacial score (nSPS) is 10.0. The van der Waals surface area contributed by atoms with E-state index < -0.39 is 0 Å². The zero-order valence-corrected chi connectivity index (χ0v) is 13.8. The second kappa shape index (κ2) is 29.2. The molecule has 0 aliphatic carbocycles. The van der Waals surface area contributed by atoms with E-state index in [0.29, 0.717) is 0 Å². The number of hydrogen-bond donors (Lipinski definition) is 0. The molecule has 0 atom stereocenters. The van der Waals surface area contributed by atoms with Crippen molar-refractivity contribution in [3.8, 4) is 0 Å². The second-order valence-corrected chi connectivity index (χ2v) is 1.96. The van der Waals surface area contributed by atoms with E-state index in [1.165, 1.54) is 0 Å². The summed E-state index contributed by atoms with van der Waals surface area (Å²) in [6.45, 7) is 7.71. The zero-order valence-electron chi connectivity index (χ0n) is 10.4. The average molecular weight is 378 g/mol. The molecule has 2 heteroatoms. The Morgan fingerprint density at radius 1 is 0.857 bits per heavy atom. The molecule has 0 aromatic heterocycles. The van der Waals surface area contributed by atoms with Crippen LogP contribution >= 0.6 is 12.4 Å². The standard InChI is InChI=1S/2C6H9.ClH.Hf.H/c2*1-3-5-6-4-2;;;/h2*3,5-6H,1-2H3;1H;;/q2*-1;;;-1. The largest absolute Gasteiger partial charge is 1.00 e. The molecule has 0 fully saturated rings. The molecule has 0 aliphatic heterocycles. The van der Waals surface area contributed by atoms with Gasteiger partial charge in [-0.25, -0.2) is 24.3 Å². The fourth-order valence-electron chi connectivity index (χ4n) is 0.385. The molecule has 0 nitrogen and oxygen atoms in total. The van der Waals surface area contributed by atoms with Crippen molar-refractivity contribution >= 4 is 12.4 Å². The molecule has 0 aliphatic rings. The van der Waals surface area contributed by atoms with Gasteiger partial charge in [-0.2, -0.15) is 12.2 Å². The minimum atomic E-state index is 0. The Bertz CT molecular complexity index is 132. The SMILES string of the molecule is C[C-]=CC=CC.C[C-]=CC=CC.Cl.[H-].[Hf]. The summed E-state index contributed by atoms with van der Waals surface area (Å²) in [5.74, 6) is 0. The quantitative estimate of drug-likeness (QED) is 0.379. The van der Waals surface area contributed by atoms with Crippen molar-refractivity contribution in [1.82, 2.24) is 0 Å². The summed E-state index contributed by atoms with van der Waals surface area (Å²) in [7, 11) is 0. The summed E-state index contributed by atoms with van der Waals surface area (Å²) in [4.78, 5) is 0. The predicted octanol–water partition coefficient (Wildman–Crippen LogP) is 4.42. The number of allylic oxidation sites excluding steroid dienone is 8. The predicted molar refractivity (Wildman–Crippen MR) is 65.0 cm³/mol. The van der Waals surface area contributed by atoms with Gasteiger partial charge in [0.25, 0.3) is 0 Å². The molecule has 0 radical (unpaired) electrons. The van der Waals surface area contributed by atoms with Gasteiger partial charge < -0.3 is 1.43 Å². The third-order valence-corrected chi connectivity index (χ3v) is 0.911. The summed E-state index contributed by atoms with van der Waals surface area (Å²) in [6.07, 6.45) is 17.3. The van der Waals surface area contributed by atoms with Crippen LogP contribution < -0.4 is 0 Å². The Kier molecular flexibility index (Phi) is 49.5. The van der Waals surface area contributed by atoms with Crippen molar-refractivity contribution in [1.29, 1.82) is 0 Å². The van der Waals surface area contributed by atoms with E-state index in [4.69, 9.17) is 0 Å². The molecule has 0 heterocycles.